The van der Waals surface area contributed by atoms with Gasteiger partial charge in [0, 0.05) is 6.04 Å². The Labute approximate surface area is 110 Å². The molecule has 2 nitrogen and oxygen atoms in total. The predicted molar refractivity (Wildman–Crippen MR) is 77.1 cm³/mol. The largest absolute Gasteiger partial charge is 0.496 e. The van der Waals surface area contributed by atoms with E-state index >= 15 is 0 Å². The molecule has 0 spiro atoms. The first kappa shape index (κ1) is 14.4. The monoisotopic (exact) mass is 253 g/mol. The second-order valence-corrected chi connectivity index (χ2v) is 5.78. The third kappa shape index (κ3) is 3.65. The van der Waals surface area contributed by atoms with Gasteiger partial charge in [-0.15, -0.1) is 0 Å². The maximum atomic E-state index is 6.12. The Kier molecular flexibility index (Phi) is 4.90. The maximum Gasteiger partial charge on any atom is 0.122 e. The normalized spacial score (nSPS) is 13.5. The number of nitrogens with two attached hydrogens (primary N) is 1. The molecule has 2 N–H and O–H groups in total. The molecule has 1 aromatic carbocycles. The van der Waals surface area contributed by atoms with Crippen molar-refractivity contribution < 1.29 is 4.74 Å². The van der Waals surface area contributed by atoms with E-state index in [-0.39, 0.29) is 11.5 Å². The number of benzene rings is 1. The van der Waals surface area contributed by atoms with E-state index in [9.17, 15) is 0 Å². The number of rotatable bonds is 4. The van der Waals surface area contributed by atoms with Crippen molar-refractivity contribution in [2.75, 3.05) is 12.9 Å². The summed E-state index contributed by atoms with van der Waals surface area (Å²) in [6.45, 7) is 6.54. The van der Waals surface area contributed by atoms with Crippen LogP contribution in [-0.2, 0) is 5.41 Å². The van der Waals surface area contributed by atoms with Crippen LogP contribution >= 0.6 is 12.6 Å². The van der Waals surface area contributed by atoms with Gasteiger partial charge in [-0.2, -0.15) is 12.6 Å². The summed E-state index contributed by atoms with van der Waals surface area (Å²) in [5, 5.41) is 0. The van der Waals surface area contributed by atoms with E-state index in [2.05, 4.69) is 39.5 Å². The molecule has 0 aromatic heterocycles. The number of hydrogen-bond acceptors (Lipinski definition) is 3. The lowest BCUT2D eigenvalue weighted by Crippen LogP contribution is -2.16. The van der Waals surface area contributed by atoms with E-state index in [0.717, 1.165) is 23.5 Å². The minimum atomic E-state index is 0.0551. The lowest BCUT2D eigenvalue weighted by Gasteiger charge is -2.24. The van der Waals surface area contributed by atoms with Gasteiger partial charge in [0.05, 0.1) is 7.11 Å². The van der Waals surface area contributed by atoms with Crippen molar-refractivity contribution in [2.24, 2.45) is 5.73 Å². The van der Waals surface area contributed by atoms with Crippen LogP contribution in [-0.4, -0.2) is 12.9 Å². The van der Waals surface area contributed by atoms with Crippen molar-refractivity contribution in [1.82, 2.24) is 0 Å². The van der Waals surface area contributed by atoms with Crippen molar-refractivity contribution in [3.63, 3.8) is 0 Å². The molecule has 0 saturated carbocycles. The highest BCUT2D eigenvalue weighted by Crippen LogP contribution is 2.33. The van der Waals surface area contributed by atoms with Crippen molar-refractivity contribution in [1.29, 1.82) is 0 Å². The number of ether oxygens (including phenoxy) is 1. The molecular formula is C14H23NOS. The first-order chi connectivity index (χ1) is 7.90. The smallest absolute Gasteiger partial charge is 0.122 e. The molecule has 0 radical (unpaired) electrons. The highest BCUT2D eigenvalue weighted by molar-refractivity contribution is 7.80. The lowest BCUT2D eigenvalue weighted by atomic mass is 9.84. The summed E-state index contributed by atoms with van der Waals surface area (Å²) in [6, 6.07) is 6.27. The summed E-state index contributed by atoms with van der Waals surface area (Å²) < 4.78 is 5.41. The molecule has 1 atom stereocenters. The van der Waals surface area contributed by atoms with E-state index < -0.39 is 0 Å². The van der Waals surface area contributed by atoms with Gasteiger partial charge in [-0.05, 0) is 34.8 Å². The zero-order valence-corrected chi connectivity index (χ0v) is 12.1. The van der Waals surface area contributed by atoms with Crippen LogP contribution in [0.15, 0.2) is 18.2 Å². The van der Waals surface area contributed by atoms with Gasteiger partial charge in [0.1, 0.15) is 5.75 Å². The molecule has 1 rings (SSSR count). The van der Waals surface area contributed by atoms with Crippen LogP contribution in [0.1, 0.15) is 44.4 Å². The van der Waals surface area contributed by atoms with E-state index in [1.54, 1.807) is 7.11 Å². The van der Waals surface area contributed by atoms with Crippen molar-refractivity contribution in [3.05, 3.63) is 29.3 Å². The molecule has 0 fully saturated rings. The Morgan fingerprint density at radius 1 is 1.35 bits per heavy atom. The van der Waals surface area contributed by atoms with Crippen LogP contribution in [0.5, 0.6) is 5.75 Å². The van der Waals surface area contributed by atoms with E-state index in [1.165, 1.54) is 5.56 Å². The fourth-order valence-electron chi connectivity index (χ4n) is 1.85. The Morgan fingerprint density at radius 3 is 2.47 bits per heavy atom. The third-order valence-electron chi connectivity index (χ3n) is 2.90. The van der Waals surface area contributed by atoms with Gasteiger partial charge >= 0.3 is 0 Å². The SMILES string of the molecule is COc1ccc(C(N)CCS)cc1C(C)(C)C. The van der Waals surface area contributed by atoms with Crippen molar-refractivity contribution in [3.8, 4) is 5.75 Å². The molecule has 0 amide bonds. The average molecular weight is 253 g/mol. The molecule has 96 valence electrons. The van der Waals surface area contributed by atoms with Gasteiger partial charge in [0.2, 0.25) is 0 Å². The van der Waals surface area contributed by atoms with Crippen LogP contribution in [0.3, 0.4) is 0 Å². The van der Waals surface area contributed by atoms with E-state index in [1.807, 2.05) is 12.1 Å². The van der Waals surface area contributed by atoms with Crippen molar-refractivity contribution >= 4 is 12.6 Å². The van der Waals surface area contributed by atoms with Crippen molar-refractivity contribution in [2.45, 2.75) is 38.6 Å². The Balaban J connectivity index is 3.13. The Hall–Kier alpha value is -0.670. The van der Waals surface area contributed by atoms with Gasteiger partial charge in [-0.25, -0.2) is 0 Å². The van der Waals surface area contributed by atoms with Crippen LogP contribution in [0.2, 0.25) is 0 Å². The minimum Gasteiger partial charge on any atom is -0.496 e. The summed E-state index contributed by atoms with van der Waals surface area (Å²) in [7, 11) is 1.71. The summed E-state index contributed by atoms with van der Waals surface area (Å²) in [6.07, 6.45) is 0.888. The average Bonchev–Trinajstić information content (AvgIpc) is 2.27. The highest BCUT2D eigenvalue weighted by Gasteiger charge is 2.20. The molecule has 0 aliphatic heterocycles. The third-order valence-corrected chi connectivity index (χ3v) is 3.16. The second-order valence-electron chi connectivity index (χ2n) is 5.33. The predicted octanol–water partition coefficient (Wildman–Crippen LogP) is 3.31. The number of hydrogen-bond donors (Lipinski definition) is 2. The van der Waals surface area contributed by atoms with Gasteiger partial charge < -0.3 is 10.5 Å². The highest BCUT2D eigenvalue weighted by atomic mass is 32.1. The maximum absolute atomic E-state index is 6.12. The molecule has 0 bridgehead atoms. The zero-order valence-electron chi connectivity index (χ0n) is 11.2. The molecule has 3 heteroatoms. The Morgan fingerprint density at radius 2 is 2.00 bits per heavy atom. The van der Waals surface area contributed by atoms with E-state index in [4.69, 9.17) is 10.5 Å². The molecule has 0 aliphatic carbocycles. The fourth-order valence-corrected chi connectivity index (χ4v) is 2.13. The lowest BCUT2D eigenvalue weighted by molar-refractivity contribution is 0.397. The number of methoxy groups -OCH3 is 1. The fraction of sp³-hybridized carbons (Fsp3) is 0.571. The quantitative estimate of drug-likeness (QED) is 0.807. The molecule has 1 unspecified atom stereocenters. The molecule has 0 heterocycles. The second kappa shape index (κ2) is 5.78. The summed E-state index contributed by atoms with van der Waals surface area (Å²) in [5.41, 5.74) is 8.54. The van der Waals surface area contributed by atoms with Gasteiger partial charge in [0.15, 0.2) is 0 Å². The molecule has 17 heavy (non-hydrogen) atoms. The summed E-state index contributed by atoms with van der Waals surface area (Å²) >= 11 is 4.23. The molecular weight excluding hydrogens is 230 g/mol. The summed E-state index contributed by atoms with van der Waals surface area (Å²) in [5.74, 6) is 1.73. The Bertz CT molecular complexity index is 371. The zero-order chi connectivity index (χ0) is 13.1. The topological polar surface area (TPSA) is 35.2 Å². The molecule has 1 aromatic rings. The van der Waals surface area contributed by atoms with Crippen LogP contribution in [0.25, 0.3) is 0 Å². The first-order valence-electron chi connectivity index (χ1n) is 5.95. The van der Waals surface area contributed by atoms with Gasteiger partial charge in [0.25, 0.3) is 0 Å². The van der Waals surface area contributed by atoms with Gasteiger partial charge in [-0.3, -0.25) is 0 Å². The molecule has 0 saturated heterocycles. The number of thiol groups is 1. The minimum absolute atomic E-state index is 0.0551. The summed E-state index contributed by atoms with van der Waals surface area (Å²) in [4.78, 5) is 0. The van der Waals surface area contributed by atoms with Crippen LogP contribution in [0, 0.1) is 0 Å². The van der Waals surface area contributed by atoms with Crippen LogP contribution < -0.4 is 10.5 Å². The standard InChI is InChI=1S/C14H23NOS/c1-14(2,3)11-9-10(12(15)7-8-17)5-6-13(11)16-4/h5-6,9,12,17H,7-8,15H2,1-4H3. The van der Waals surface area contributed by atoms with Gasteiger partial charge in [-0.1, -0.05) is 32.9 Å². The van der Waals surface area contributed by atoms with E-state index in [0.29, 0.717) is 0 Å². The van der Waals surface area contributed by atoms with Crippen LogP contribution in [0.4, 0.5) is 0 Å². The first-order valence-corrected chi connectivity index (χ1v) is 6.58. The molecule has 0 aliphatic rings.